The molecule has 0 aliphatic heterocycles. The third kappa shape index (κ3) is 4.36. The Hall–Kier alpha value is -4.52. The summed E-state index contributed by atoms with van der Waals surface area (Å²) in [6.07, 6.45) is -0.200. The monoisotopic (exact) mass is 566 g/mol. The van der Waals surface area contributed by atoms with E-state index in [0.29, 0.717) is 5.56 Å². The number of carboxylic acid groups (broad SMARTS) is 1. The Bertz CT molecular complexity index is 1530. The highest BCUT2D eigenvalue weighted by Gasteiger charge is 2.65. The van der Waals surface area contributed by atoms with Gasteiger partial charge in [-0.1, -0.05) is 30.3 Å². The average molecular weight is 567 g/mol. The number of benzene rings is 2. The lowest BCUT2D eigenvalue weighted by Gasteiger charge is -2.52. The van der Waals surface area contributed by atoms with E-state index in [1.807, 2.05) is 0 Å². The SMILES string of the molecule is CN(C)[C@@H]1C(O)=C(C(N)=O)C(=O)[C@@]2(O)C(O)=C3C(=O)c4c(O)cccc4[C@@](C)(O)[C@H]3C[C@@H]12.O=C(O)c1ccccc1. The Morgan fingerprint density at radius 2 is 1.59 bits per heavy atom. The Morgan fingerprint density at radius 3 is 2.10 bits per heavy atom. The average Bonchev–Trinajstić information content (AvgIpc) is 2.89. The molecule has 216 valence electrons. The van der Waals surface area contributed by atoms with Crippen molar-refractivity contribution < 1.29 is 49.8 Å². The fourth-order valence-electron chi connectivity index (χ4n) is 6.09. The van der Waals surface area contributed by atoms with E-state index in [0.717, 1.165) is 0 Å². The molecule has 0 spiro atoms. The van der Waals surface area contributed by atoms with Gasteiger partial charge < -0.3 is 36.4 Å². The number of rotatable bonds is 3. The number of hydrogen-bond acceptors (Lipinski definition) is 10. The van der Waals surface area contributed by atoms with Gasteiger partial charge in [0.05, 0.1) is 22.8 Å². The maximum atomic E-state index is 13.3. The van der Waals surface area contributed by atoms with Crippen LogP contribution in [0.5, 0.6) is 5.75 Å². The molecule has 12 nitrogen and oxygen atoms in total. The number of carboxylic acids is 1. The largest absolute Gasteiger partial charge is 0.510 e. The second-order valence-corrected chi connectivity index (χ2v) is 10.6. The molecule has 0 fully saturated rings. The number of Topliss-reactive ketones (excluding diaryl/α,β-unsaturated/α-hetero) is 2. The normalized spacial score (nSPS) is 28.8. The molecule has 41 heavy (non-hydrogen) atoms. The van der Waals surface area contributed by atoms with Crippen molar-refractivity contribution in [2.24, 2.45) is 17.6 Å². The zero-order valence-electron chi connectivity index (χ0n) is 22.4. The van der Waals surface area contributed by atoms with Crippen LogP contribution < -0.4 is 5.73 Å². The quantitative estimate of drug-likeness (QED) is 0.261. The molecule has 2 aromatic rings. The molecule has 0 heterocycles. The van der Waals surface area contributed by atoms with Crippen LogP contribution in [0.2, 0.25) is 0 Å². The van der Waals surface area contributed by atoms with E-state index < -0.39 is 80.9 Å². The summed E-state index contributed by atoms with van der Waals surface area (Å²) in [4.78, 5) is 50.1. The minimum absolute atomic E-state index is 0.135. The van der Waals surface area contributed by atoms with Gasteiger partial charge in [-0.3, -0.25) is 19.3 Å². The predicted octanol–water partition coefficient (Wildman–Crippen LogP) is 1.17. The van der Waals surface area contributed by atoms with Crippen molar-refractivity contribution in [1.82, 2.24) is 4.90 Å². The van der Waals surface area contributed by atoms with Gasteiger partial charge in [0.2, 0.25) is 5.78 Å². The first-order chi connectivity index (χ1) is 19.1. The molecule has 0 saturated heterocycles. The van der Waals surface area contributed by atoms with Gasteiger partial charge in [0.15, 0.2) is 11.4 Å². The number of nitrogens with zero attached hydrogens (tertiary/aromatic N) is 1. The molecule has 0 radical (unpaired) electrons. The van der Waals surface area contributed by atoms with Crippen LogP contribution in [-0.4, -0.2) is 84.7 Å². The summed E-state index contributed by atoms with van der Waals surface area (Å²) in [6, 6.07) is 11.3. The van der Waals surface area contributed by atoms with Crippen LogP contribution in [0, 0.1) is 11.8 Å². The summed E-state index contributed by atoms with van der Waals surface area (Å²) in [6.45, 7) is 1.40. The van der Waals surface area contributed by atoms with Crippen molar-refractivity contribution in [2.45, 2.75) is 30.6 Å². The summed E-state index contributed by atoms with van der Waals surface area (Å²) < 4.78 is 0. The van der Waals surface area contributed by atoms with Crippen LogP contribution in [0.1, 0.15) is 39.6 Å². The Balaban J connectivity index is 0.000000367. The van der Waals surface area contributed by atoms with Gasteiger partial charge in [-0.15, -0.1) is 0 Å². The lowest BCUT2D eigenvalue weighted by Crippen LogP contribution is -2.65. The summed E-state index contributed by atoms with van der Waals surface area (Å²) in [5, 5.41) is 63.4. The fourth-order valence-corrected chi connectivity index (χ4v) is 6.09. The van der Waals surface area contributed by atoms with Crippen molar-refractivity contribution in [3.05, 3.63) is 87.9 Å². The third-order valence-corrected chi connectivity index (χ3v) is 8.04. The molecule has 8 N–H and O–H groups in total. The zero-order valence-corrected chi connectivity index (χ0v) is 22.4. The standard InChI is InChI=1S/C22H24N2O8.C7H6O2/c1-21(31)8-5-4-6-11(25)12(8)16(26)13-9(21)7-10-15(24(2)3)17(27)14(20(23)30)19(29)22(10,32)18(13)28;8-7(9)6-4-2-1-3-5-6/h4-6,9-10,15,25,27-28,31-32H,7H2,1-3H3,(H2,23,30);1-5H,(H,8,9)/t9-,10-,15-,21+,22-;/m0./s1. The lowest BCUT2D eigenvalue weighted by atomic mass is 9.55. The molecule has 12 heteroatoms. The summed E-state index contributed by atoms with van der Waals surface area (Å²) >= 11 is 0. The number of amides is 1. The topological polar surface area (TPSA) is 219 Å². The van der Waals surface area contributed by atoms with Crippen LogP contribution in [0.3, 0.4) is 0 Å². The number of aromatic hydroxyl groups is 1. The maximum absolute atomic E-state index is 13.3. The number of carbonyl (C=O) groups is 4. The minimum Gasteiger partial charge on any atom is -0.510 e. The number of fused-ring (bicyclic) bond motifs is 3. The van der Waals surface area contributed by atoms with Crippen molar-refractivity contribution in [3.63, 3.8) is 0 Å². The number of phenolic OH excluding ortho intramolecular Hbond substituents is 1. The van der Waals surface area contributed by atoms with E-state index in [-0.39, 0.29) is 17.5 Å². The molecule has 5 atom stereocenters. The molecule has 0 saturated carbocycles. The van der Waals surface area contributed by atoms with Gasteiger partial charge in [0.25, 0.3) is 5.91 Å². The molecule has 3 aliphatic carbocycles. The Labute approximate surface area is 234 Å². The number of carbonyl (C=O) groups excluding carboxylic acids is 3. The van der Waals surface area contributed by atoms with Gasteiger partial charge in [-0.2, -0.15) is 0 Å². The fraction of sp³-hybridized carbons (Fsp3) is 0.310. The van der Waals surface area contributed by atoms with Crippen molar-refractivity contribution in [3.8, 4) is 5.75 Å². The van der Waals surface area contributed by atoms with E-state index in [9.17, 15) is 44.7 Å². The van der Waals surface area contributed by atoms with E-state index in [1.54, 1.807) is 30.3 Å². The molecule has 0 unspecified atom stereocenters. The first-order valence-corrected chi connectivity index (χ1v) is 12.6. The van der Waals surface area contributed by atoms with Gasteiger partial charge >= 0.3 is 5.97 Å². The molecule has 0 aromatic heterocycles. The second kappa shape index (κ2) is 10.1. The van der Waals surface area contributed by atoms with Crippen LogP contribution in [-0.2, 0) is 15.2 Å². The molecular weight excluding hydrogens is 536 g/mol. The van der Waals surface area contributed by atoms with E-state index >= 15 is 0 Å². The number of aliphatic hydroxyl groups excluding tert-OH is 2. The zero-order chi connectivity index (χ0) is 30.6. The van der Waals surface area contributed by atoms with Gasteiger partial charge in [0.1, 0.15) is 22.8 Å². The number of ketones is 2. The Morgan fingerprint density at radius 1 is 0.976 bits per heavy atom. The first kappa shape index (κ1) is 29.5. The predicted molar refractivity (Wildman–Crippen MR) is 143 cm³/mol. The Kier molecular flexibility index (Phi) is 7.29. The number of hydrogen-bond donors (Lipinski definition) is 7. The summed E-state index contributed by atoms with van der Waals surface area (Å²) in [5.41, 5.74) is -0.323. The third-order valence-electron chi connectivity index (χ3n) is 8.04. The molecule has 0 bridgehead atoms. The molecule has 5 rings (SSSR count). The highest BCUT2D eigenvalue weighted by Crippen LogP contribution is 2.56. The minimum atomic E-state index is -2.75. The highest BCUT2D eigenvalue weighted by molar-refractivity contribution is 6.24. The highest BCUT2D eigenvalue weighted by atomic mass is 16.4. The number of nitrogens with two attached hydrogens (primary N) is 1. The van der Waals surface area contributed by atoms with Gasteiger partial charge in [-0.05, 0) is 51.2 Å². The smallest absolute Gasteiger partial charge is 0.335 e. The van der Waals surface area contributed by atoms with E-state index in [4.69, 9.17) is 10.8 Å². The molecular formula is C29H30N2O10. The van der Waals surface area contributed by atoms with Crippen LogP contribution in [0.15, 0.2) is 71.2 Å². The molecule has 3 aliphatic rings. The van der Waals surface area contributed by atoms with Crippen LogP contribution in [0.4, 0.5) is 0 Å². The first-order valence-electron chi connectivity index (χ1n) is 12.6. The second-order valence-electron chi connectivity index (χ2n) is 10.6. The number of likely N-dealkylation sites (N-methyl/N-ethyl adjacent to an activating group) is 1. The van der Waals surface area contributed by atoms with Crippen molar-refractivity contribution in [1.29, 1.82) is 0 Å². The molecule has 1 amide bonds. The lowest BCUT2D eigenvalue weighted by molar-refractivity contribution is -0.151. The van der Waals surface area contributed by atoms with Crippen molar-refractivity contribution >= 4 is 23.4 Å². The molecule has 2 aromatic carbocycles. The van der Waals surface area contributed by atoms with Gasteiger partial charge in [0, 0.05) is 17.4 Å². The number of primary amides is 1. The number of aliphatic hydroxyl groups is 4. The summed E-state index contributed by atoms with van der Waals surface area (Å²) in [7, 11) is 3.06. The summed E-state index contributed by atoms with van der Waals surface area (Å²) in [5.74, 6) is -8.77. The van der Waals surface area contributed by atoms with Crippen molar-refractivity contribution in [2.75, 3.05) is 14.1 Å². The maximum Gasteiger partial charge on any atom is 0.335 e. The number of phenols is 1. The van der Waals surface area contributed by atoms with E-state index in [2.05, 4.69) is 0 Å². The van der Waals surface area contributed by atoms with Crippen LogP contribution in [0.25, 0.3) is 0 Å². The van der Waals surface area contributed by atoms with Crippen LogP contribution >= 0.6 is 0 Å². The van der Waals surface area contributed by atoms with E-state index in [1.165, 1.54) is 44.1 Å². The number of aromatic carboxylic acids is 1. The van der Waals surface area contributed by atoms with Gasteiger partial charge in [-0.25, -0.2) is 4.79 Å².